The third kappa shape index (κ3) is 4.00. The predicted molar refractivity (Wildman–Crippen MR) is 63.4 cm³/mol. The van der Waals surface area contributed by atoms with Gasteiger partial charge in [0, 0.05) is 22.3 Å². The Morgan fingerprint density at radius 2 is 2.00 bits per heavy atom. The molecule has 0 atom stereocenters. The van der Waals surface area contributed by atoms with Gasteiger partial charge in [-0.3, -0.25) is 4.79 Å². The molecule has 0 aliphatic carbocycles. The van der Waals surface area contributed by atoms with Crippen LogP contribution in [0.3, 0.4) is 0 Å². The van der Waals surface area contributed by atoms with Crippen LogP contribution in [0.5, 0.6) is 0 Å². The highest BCUT2D eigenvalue weighted by molar-refractivity contribution is 9.10. The van der Waals surface area contributed by atoms with Crippen molar-refractivity contribution in [2.45, 2.75) is 19.0 Å². The number of halogens is 5. The second-order valence-electron chi connectivity index (χ2n) is 3.40. The normalized spacial score (nSPS) is 11.6. The van der Waals surface area contributed by atoms with Gasteiger partial charge >= 0.3 is 6.18 Å². The highest BCUT2D eigenvalue weighted by Crippen LogP contribution is 2.34. The summed E-state index contributed by atoms with van der Waals surface area (Å²) in [5.41, 5.74) is -1.21. The molecule has 0 bridgehead atoms. The number of hydrogen-bond acceptors (Lipinski definition) is 1. The van der Waals surface area contributed by atoms with E-state index in [1.54, 1.807) is 0 Å². The predicted octanol–water partition coefficient (Wildman–Crippen LogP) is 4.67. The molecule has 1 rings (SSSR count). The summed E-state index contributed by atoms with van der Waals surface area (Å²) in [5, 5.41) is 0. The summed E-state index contributed by atoms with van der Waals surface area (Å²) in [5.74, 6) is -0.283. The number of ketones is 1. The van der Waals surface area contributed by atoms with E-state index >= 15 is 0 Å². The van der Waals surface area contributed by atoms with Crippen LogP contribution in [0.25, 0.3) is 0 Å². The van der Waals surface area contributed by atoms with Gasteiger partial charge < -0.3 is 0 Å². The maximum absolute atomic E-state index is 12.7. The minimum atomic E-state index is -4.53. The van der Waals surface area contributed by atoms with Gasteiger partial charge in [0.2, 0.25) is 0 Å². The Balaban J connectivity index is 3.11. The van der Waals surface area contributed by atoms with E-state index in [4.69, 9.17) is 11.6 Å². The first-order valence-electron chi connectivity index (χ1n) is 4.82. The average Bonchev–Trinajstić information content (AvgIpc) is 2.24. The van der Waals surface area contributed by atoms with Gasteiger partial charge in [0.1, 0.15) is 0 Å². The molecule has 6 heteroatoms. The summed E-state index contributed by atoms with van der Waals surface area (Å²) in [6.07, 6.45) is -4.14. The summed E-state index contributed by atoms with van der Waals surface area (Å²) in [6.45, 7) is 0. The smallest absolute Gasteiger partial charge is 0.294 e. The van der Waals surface area contributed by atoms with Gasteiger partial charge in [-0.2, -0.15) is 13.2 Å². The first kappa shape index (κ1) is 14.5. The lowest BCUT2D eigenvalue weighted by Gasteiger charge is -2.12. The van der Waals surface area contributed by atoms with Gasteiger partial charge in [-0.15, -0.1) is 11.6 Å². The van der Waals surface area contributed by atoms with Gasteiger partial charge in [0.25, 0.3) is 0 Å². The molecule has 1 aromatic carbocycles. The molecule has 0 aliphatic heterocycles. The highest BCUT2D eigenvalue weighted by Gasteiger charge is 2.35. The summed E-state index contributed by atoms with van der Waals surface area (Å²) >= 11 is 8.36. The lowest BCUT2D eigenvalue weighted by atomic mass is 10.0. The molecule has 0 unspecified atom stereocenters. The second kappa shape index (κ2) is 5.87. The van der Waals surface area contributed by atoms with Crippen molar-refractivity contribution < 1.29 is 18.0 Å². The molecule has 17 heavy (non-hydrogen) atoms. The first-order valence-corrected chi connectivity index (χ1v) is 6.15. The van der Waals surface area contributed by atoms with Crippen molar-refractivity contribution in [2.24, 2.45) is 0 Å². The molecule has 1 nitrogen and oxygen atoms in total. The van der Waals surface area contributed by atoms with Crippen LogP contribution in [0, 0.1) is 0 Å². The molecule has 0 fully saturated rings. The highest BCUT2D eigenvalue weighted by atomic mass is 79.9. The third-order valence-electron chi connectivity index (χ3n) is 2.12. The van der Waals surface area contributed by atoms with Crippen LogP contribution >= 0.6 is 27.5 Å². The van der Waals surface area contributed by atoms with Crippen molar-refractivity contribution in [1.29, 1.82) is 0 Å². The Labute approximate surface area is 110 Å². The molecule has 0 N–H and O–H groups in total. The first-order chi connectivity index (χ1) is 7.86. The molecular weight excluding hydrogens is 320 g/mol. The van der Waals surface area contributed by atoms with E-state index < -0.39 is 17.5 Å². The average molecular weight is 330 g/mol. The summed E-state index contributed by atoms with van der Waals surface area (Å²) in [4.78, 5) is 11.6. The van der Waals surface area contributed by atoms with Crippen molar-refractivity contribution in [3.63, 3.8) is 0 Å². The number of carbonyl (C=O) groups is 1. The third-order valence-corrected chi connectivity index (χ3v) is 2.89. The molecule has 0 saturated carbocycles. The minimum absolute atomic E-state index is 0.0220. The number of benzene rings is 1. The van der Waals surface area contributed by atoms with Crippen molar-refractivity contribution >= 4 is 33.3 Å². The molecule has 0 heterocycles. The maximum atomic E-state index is 12.7. The van der Waals surface area contributed by atoms with E-state index in [1.165, 1.54) is 12.1 Å². The zero-order valence-electron chi connectivity index (χ0n) is 8.65. The van der Waals surface area contributed by atoms with Gasteiger partial charge in [-0.05, 0) is 24.6 Å². The van der Waals surface area contributed by atoms with E-state index in [2.05, 4.69) is 15.9 Å². The zero-order chi connectivity index (χ0) is 13.1. The number of Topliss-reactive ketones (excluding diaryl/α,β-unsaturated/α-hetero) is 1. The maximum Gasteiger partial charge on any atom is 0.417 e. The lowest BCUT2D eigenvalue weighted by Crippen LogP contribution is -2.13. The summed E-state index contributed by atoms with van der Waals surface area (Å²) in [6, 6.07) is 3.51. The summed E-state index contributed by atoms with van der Waals surface area (Å²) in [7, 11) is 0. The fraction of sp³-hybridized carbons (Fsp3) is 0.364. The number of hydrogen-bond donors (Lipinski definition) is 0. The largest absolute Gasteiger partial charge is 0.417 e. The summed E-state index contributed by atoms with van der Waals surface area (Å²) < 4.78 is 38.4. The minimum Gasteiger partial charge on any atom is -0.294 e. The molecule has 0 aromatic heterocycles. The van der Waals surface area contributed by atoms with E-state index in [9.17, 15) is 18.0 Å². The van der Waals surface area contributed by atoms with Crippen LogP contribution in [0.4, 0.5) is 13.2 Å². The standard InChI is InChI=1S/C11H9BrClF3O/c12-7-3-4-8(10(17)2-1-5-13)9(6-7)11(14,15)16/h3-4,6H,1-2,5H2. The lowest BCUT2D eigenvalue weighted by molar-refractivity contribution is -0.138. The SMILES string of the molecule is O=C(CCCCl)c1ccc(Br)cc1C(F)(F)F. The molecule has 0 radical (unpaired) electrons. The molecule has 0 aliphatic rings. The fourth-order valence-electron chi connectivity index (χ4n) is 1.36. The van der Waals surface area contributed by atoms with Crippen molar-refractivity contribution in [3.05, 3.63) is 33.8 Å². The van der Waals surface area contributed by atoms with Crippen LogP contribution in [-0.4, -0.2) is 11.7 Å². The Kier molecular flexibility index (Phi) is 5.01. The molecule has 94 valence electrons. The Morgan fingerprint density at radius 1 is 1.35 bits per heavy atom. The van der Waals surface area contributed by atoms with E-state index in [1.807, 2.05) is 0 Å². The number of carbonyl (C=O) groups excluding carboxylic acids is 1. The number of rotatable bonds is 4. The Hall–Kier alpha value is -0.550. The van der Waals surface area contributed by atoms with Crippen molar-refractivity contribution in [3.8, 4) is 0 Å². The molecule has 0 saturated heterocycles. The molecular formula is C11H9BrClF3O. The van der Waals surface area contributed by atoms with E-state index in [0.717, 1.165) is 6.07 Å². The number of alkyl halides is 4. The Morgan fingerprint density at radius 3 is 2.53 bits per heavy atom. The van der Waals surface area contributed by atoms with E-state index in [-0.39, 0.29) is 17.9 Å². The monoisotopic (exact) mass is 328 g/mol. The van der Waals surface area contributed by atoms with Crippen molar-refractivity contribution in [2.75, 3.05) is 5.88 Å². The van der Waals surface area contributed by atoms with Crippen LogP contribution in [0.2, 0.25) is 0 Å². The van der Waals surface area contributed by atoms with Gasteiger partial charge in [0.15, 0.2) is 5.78 Å². The quantitative estimate of drug-likeness (QED) is 0.579. The van der Waals surface area contributed by atoms with E-state index in [0.29, 0.717) is 10.9 Å². The molecule has 1 aromatic rings. The van der Waals surface area contributed by atoms with Gasteiger partial charge in [0.05, 0.1) is 5.56 Å². The van der Waals surface area contributed by atoms with Crippen LogP contribution < -0.4 is 0 Å². The fourth-order valence-corrected chi connectivity index (χ4v) is 1.85. The molecule has 0 amide bonds. The van der Waals surface area contributed by atoms with Crippen LogP contribution in [0.15, 0.2) is 22.7 Å². The van der Waals surface area contributed by atoms with Gasteiger partial charge in [-0.1, -0.05) is 15.9 Å². The van der Waals surface area contributed by atoms with Crippen molar-refractivity contribution in [1.82, 2.24) is 0 Å². The topological polar surface area (TPSA) is 17.1 Å². The Bertz CT molecular complexity index is 418. The molecule has 0 spiro atoms. The van der Waals surface area contributed by atoms with Gasteiger partial charge in [-0.25, -0.2) is 0 Å². The van der Waals surface area contributed by atoms with Crippen LogP contribution in [-0.2, 0) is 6.18 Å². The zero-order valence-corrected chi connectivity index (χ0v) is 11.0. The second-order valence-corrected chi connectivity index (χ2v) is 4.70. The van der Waals surface area contributed by atoms with Crippen LogP contribution in [0.1, 0.15) is 28.8 Å².